The molecule has 5 rings (SSSR count). The molecule has 2 saturated carbocycles. The fourth-order valence-corrected chi connectivity index (χ4v) is 4.65. The van der Waals surface area contributed by atoms with E-state index < -0.39 is 0 Å². The van der Waals surface area contributed by atoms with Crippen molar-refractivity contribution in [1.82, 2.24) is 15.1 Å². The zero-order chi connectivity index (χ0) is 18.5. The van der Waals surface area contributed by atoms with Gasteiger partial charge in [0.25, 0.3) is 0 Å². The van der Waals surface area contributed by atoms with E-state index in [2.05, 4.69) is 27.5 Å². The number of hydrogen-bond acceptors (Lipinski definition) is 5. The number of aryl methyl sites for hydroxylation is 2. The molecule has 2 fully saturated rings. The monoisotopic (exact) mass is 364 g/mol. The predicted molar refractivity (Wildman–Crippen MR) is 104 cm³/mol. The second-order valence-electron chi connectivity index (χ2n) is 8.15. The highest BCUT2D eigenvalue weighted by atomic mass is 16.5. The van der Waals surface area contributed by atoms with Crippen molar-refractivity contribution in [3.8, 4) is 11.1 Å². The molecule has 0 radical (unpaired) electrons. The molecule has 0 unspecified atom stereocenters. The van der Waals surface area contributed by atoms with Crippen molar-refractivity contribution >= 4 is 11.0 Å². The minimum atomic E-state index is -0.342. The van der Waals surface area contributed by atoms with Crippen LogP contribution >= 0.6 is 0 Å². The Balaban J connectivity index is 1.72. The number of rotatable bonds is 5. The van der Waals surface area contributed by atoms with Gasteiger partial charge in [0.2, 0.25) is 0 Å². The maximum Gasteiger partial charge on any atom is 0.141 e. The first kappa shape index (κ1) is 16.7. The molecule has 27 heavy (non-hydrogen) atoms. The van der Waals surface area contributed by atoms with Gasteiger partial charge >= 0.3 is 0 Å². The number of hydrogen-bond donors (Lipinski definition) is 1. The molecule has 2 aromatic heterocycles. The van der Waals surface area contributed by atoms with Gasteiger partial charge in [0.15, 0.2) is 0 Å². The average molecular weight is 364 g/mol. The van der Waals surface area contributed by atoms with Crippen molar-refractivity contribution in [3.63, 3.8) is 0 Å². The van der Waals surface area contributed by atoms with Gasteiger partial charge in [0.05, 0.1) is 16.7 Å². The first-order valence-electron chi connectivity index (χ1n) is 9.95. The van der Waals surface area contributed by atoms with Crippen LogP contribution in [0, 0.1) is 24.7 Å². The minimum absolute atomic E-state index is 0.312. The van der Waals surface area contributed by atoms with E-state index in [4.69, 9.17) is 9.51 Å². The highest BCUT2D eigenvalue weighted by molar-refractivity contribution is 5.86. The highest BCUT2D eigenvalue weighted by Gasteiger charge is 2.32. The highest BCUT2D eigenvalue weighted by Crippen LogP contribution is 2.44. The normalized spacial score (nSPS) is 19.0. The van der Waals surface area contributed by atoms with Crippen LogP contribution in [0.5, 0.6) is 0 Å². The molecule has 1 atom stereocenters. The Morgan fingerprint density at radius 2 is 1.96 bits per heavy atom. The zero-order valence-electron chi connectivity index (χ0n) is 15.8. The minimum Gasteiger partial charge on any atom is -0.361 e. The molecule has 0 aliphatic heterocycles. The molecule has 0 spiro atoms. The Bertz CT molecular complexity index is 989. The number of H-pyrrole nitrogens is 1. The van der Waals surface area contributed by atoms with E-state index >= 15 is 0 Å². The number of aromatic amines is 1. The van der Waals surface area contributed by atoms with Gasteiger partial charge in [0.1, 0.15) is 17.6 Å². The van der Waals surface area contributed by atoms with Crippen LogP contribution in [0.1, 0.15) is 73.3 Å². The summed E-state index contributed by atoms with van der Waals surface area (Å²) in [4.78, 5) is 20.3. The third-order valence-electron chi connectivity index (χ3n) is 6.20. The van der Waals surface area contributed by atoms with E-state index in [1.165, 1.54) is 25.7 Å². The van der Waals surface area contributed by atoms with Crippen LogP contribution in [-0.2, 0) is 0 Å². The number of nitroso groups, excluding NO2 is 1. The summed E-state index contributed by atoms with van der Waals surface area (Å²) in [7, 11) is 0. The molecule has 1 N–H and O–H groups in total. The van der Waals surface area contributed by atoms with E-state index in [0.717, 1.165) is 57.8 Å². The average Bonchev–Trinajstić information content (AvgIpc) is 3.04. The summed E-state index contributed by atoms with van der Waals surface area (Å²) >= 11 is 0. The van der Waals surface area contributed by atoms with Crippen LogP contribution < -0.4 is 0 Å². The smallest absolute Gasteiger partial charge is 0.141 e. The number of benzene rings is 1. The second kappa shape index (κ2) is 6.29. The fraction of sp³-hybridized carbons (Fsp3) is 0.524. The molecule has 1 aromatic carbocycles. The Labute approximate surface area is 157 Å². The summed E-state index contributed by atoms with van der Waals surface area (Å²) in [5, 5.41) is 7.69. The van der Waals surface area contributed by atoms with Gasteiger partial charge in [-0.3, -0.25) is 0 Å². The molecule has 3 aromatic rings. The SMILES string of the molecule is Cc1noc(C)c1-c1cc([C@@H](N=O)C2CCCC2)c2nc(C3CC3)[nH]c2c1. The van der Waals surface area contributed by atoms with Crippen molar-refractivity contribution < 1.29 is 4.52 Å². The standard InChI is InChI=1S/C21H24N4O2/c1-11-18(12(2)27-25-11)15-9-16(19(24-26)13-5-3-4-6-13)20-17(10-15)22-21(23-20)14-7-8-14/h9-10,13-14,19H,3-8H2,1-2H3,(H,22,23)/t19-/m0/s1. The number of aromatic nitrogens is 3. The van der Waals surface area contributed by atoms with Crippen LogP contribution in [0.4, 0.5) is 0 Å². The Kier molecular flexibility index (Phi) is 3.88. The summed E-state index contributed by atoms with van der Waals surface area (Å²) in [6, 6.07) is 3.86. The summed E-state index contributed by atoms with van der Waals surface area (Å²) in [5.74, 6) is 2.67. The van der Waals surface area contributed by atoms with Gasteiger partial charge in [-0.1, -0.05) is 23.2 Å². The summed E-state index contributed by atoms with van der Waals surface area (Å²) < 4.78 is 5.38. The predicted octanol–water partition coefficient (Wildman–Crippen LogP) is 5.71. The molecule has 0 bridgehead atoms. The molecular weight excluding hydrogens is 340 g/mol. The molecule has 0 saturated heterocycles. The van der Waals surface area contributed by atoms with Crippen LogP contribution in [-0.4, -0.2) is 15.1 Å². The van der Waals surface area contributed by atoms with Crippen molar-refractivity contribution in [2.24, 2.45) is 11.1 Å². The molecule has 2 aliphatic rings. The van der Waals surface area contributed by atoms with E-state index in [1.807, 2.05) is 13.8 Å². The lowest BCUT2D eigenvalue weighted by Gasteiger charge is -2.18. The van der Waals surface area contributed by atoms with E-state index in [-0.39, 0.29) is 6.04 Å². The number of nitrogens with zero attached hydrogens (tertiary/aromatic N) is 3. The lowest BCUT2D eigenvalue weighted by atomic mass is 9.89. The van der Waals surface area contributed by atoms with Gasteiger partial charge in [-0.2, -0.15) is 4.91 Å². The first-order valence-corrected chi connectivity index (χ1v) is 9.95. The molecule has 6 heteroatoms. The summed E-state index contributed by atoms with van der Waals surface area (Å²) in [5.41, 5.74) is 5.71. The quantitative estimate of drug-likeness (QED) is 0.588. The van der Waals surface area contributed by atoms with Crippen LogP contribution in [0.15, 0.2) is 21.8 Å². The van der Waals surface area contributed by atoms with E-state index in [0.29, 0.717) is 11.8 Å². The molecule has 2 aliphatic carbocycles. The Morgan fingerprint density at radius 3 is 2.59 bits per heavy atom. The van der Waals surface area contributed by atoms with E-state index in [1.54, 1.807) is 0 Å². The van der Waals surface area contributed by atoms with E-state index in [9.17, 15) is 4.91 Å². The summed E-state index contributed by atoms with van der Waals surface area (Å²) in [6.45, 7) is 3.87. The Hall–Kier alpha value is -2.50. The molecule has 0 amide bonds. The second-order valence-corrected chi connectivity index (χ2v) is 8.15. The van der Waals surface area contributed by atoms with Gasteiger partial charge in [-0.15, -0.1) is 0 Å². The van der Waals surface area contributed by atoms with Gasteiger partial charge in [0, 0.05) is 17.0 Å². The summed E-state index contributed by atoms with van der Waals surface area (Å²) in [6.07, 6.45) is 6.85. The Morgan fingerprint density at radius 1 is 1.19 bits per heavy atom. The fourth-order valence-electron chi connectivity index (χ4n) is 4.65. The molecule has 6 nitrogen and oxygen atoms in total. The molecule has 140 valence electrons. The topological polar surface area (TPSA) is 84.1 Å². The largest absolute Gasteiger partial charge is 0.361 e. The zero-order valence-corrected chi connectivity index (χ0v) is 15.8. The lowest BCUT2D eigenvalue weighted by molar-refractivity contribution is 0.393. The third-order valence-corrected chi connectivity index (χ3v) is 6.20. The van der Waals surface area contributed by atoms with Gasteiger partial charge in [-0.05, 0) is 63.1 Å². The van der Waals surface area contributed by atoms with Gasteiger partial charge in [-0.25, -0.2) is 4.98 Å². The van der Waals surface area contributed by atoms with Crippen molar-refractivity contribution in [2.45, 2.75) is 64.3 Å². The maximum atomic E-state index is 11.9. The first-order chi connectivity index (χ1) is 13.2. The number of fused-ring (bicyclic) bond motifs is 1. The van der Waals surface area contributed by atoms with Crippen molar-refractivity contribution in [3.05, 3.63) is 39.9 Å². The van der Waals surface area contributed by atoms with Crippen LogP contribution in [0.3, 0.4) is 0 Å². The number of nitrogens with one attached hydrogen (secondary N) is 1. The van der Waals surface area contributed by atoms with Crippen LogP contribution in [0.25, 0.3) is 22.2 Å². The van der Waals surface area contributed by atoms with Crippen molar-refractivity contribution in [2.75, 3.05) is 0 Å². The van der Waals surface area contributed by atoms with Crippen molar-refractivity contribution in [1.29, 1.82) is 0 Å². The molecule has 2 heterocycles. The number of imidazole rings is 1. The maximum absolute atomic E-state index is 11.9. The molecular formula is C21H24N4O2. The third kappa shape index (κ3) is 2.78. The van der Waals surface area contributed by atoms with Crippen LogP contribution in [0.2, 0.25) is 0 Å². The van der Waals surface area contributed by atoms with Gasteiger partial charge < -0.3 is 9.51 Å². The lowest BCUT2D eigenvalue weighted by Crippen LogP contribution is -2.08.